The topological polar surface area (TPSA) is 28.7 Å². The molecule has 0 aliphatic carbocycles. The molecule has 1 aromatic heterocycles. The lowest BCUT2D eigenvalue weighted by Crippen LogP contribution is -2.10. The van der Waals surface area contributed by atoms with Crippen molar-refractivity contribution in [2.24, 2.45) is 0 Å². The minimum Gasteiger partial charge on any atom is -0.333 e. The standard InChI is InChI=1S/C17H20N2/c1-4-14(3)19-16(9-10-17(19)12-18)11-15-7-5-13(2)6-8-15/h5-10,14H,4,11H2,1-3H3/t14-/m1/s1. The molecule has 0 fully saturated rings. The molecule has 98 valence electrons. The zero-order chi connectivity index (χ0) is 13.8. The fourth-order valence-corrected chi connectivity index (χ4v) is 2.34. The lowest BCUT2D eigenvalue weighted by Gasteiger charge is -2.17. The summed E-state index contributed by atoms with van der Waals surface area (Å²) in [6.07, 6.45) is 1.91. The molecule has 0 aliphatic rings. The van der Waals surface area contributed by atoms with Gasteiger partial charge >= 0.3 is 0 Å². The Kier molecular flexibility index (Phi) is 4.06. The van der Waals surface area contributed by atoms with Crippen LogP contribution in [0.15, 0.2) is 36.4 Å². The average Bonchev–Trinajstić information content (AvgIpc) is 2.83. The van der Waals surface area contributed by atoms with E-state index in [0.717, 1.165) is 18.5 Å². The van der Waals surface area contributed by atoms with Gasteiger partial charge in [0.25, 0.3) is 0 Å². The molecule has 0 radical (unpaired) electrons. The van der Waals surface area contributed by atoms with Crippen LogP contribution in [0.25, 0.3) is 0 Å². The van der Waals surface area contributed by atoms with Gasteiger partial charge in [-0.2, -0.15) is 5.26 Å². The summed E-state index contributed by atoms with van der Waals surface area (Å²) in [6.45, 7) is 6.42. The first-order chi connectivity index (χ1) is 9.15. The van der Waals surface area contributed by atoms with Crippen LogP contribution in [0, 0.1) is 18.3 Å². The maximum atomic E-state index is 9.21. The molecule has 19 heavy (non-hydrogen) atoms. The molecular formula is C17H20N2. The van der Waals surface area contributed by atoms with Gasteiger partial charge in [0, 0.05) is 18.2 Å². The summed E-state index contributed by atoms with van der Waals surface area (Å²) in [5.74, 6) is 0. The molecule has 2 heteroatoms. The molecule has 0 amide bonds. The normalized spacial score (nSPS) is 12.1. The second-order valence-corrected chi connectivity index (χ2v) is 5.11. The third-order valence-electron chi connectivity index (χ3n) is 3.65. The van der Waals surface area contributed by atoms with Gasteiger partial charge in [-0.05, 0) is 38.0 Å². The summed E-state index contributed by atoms with van der Waals surface area (Å²) in [5, 5.41) is 9.21. The molecular weight excluding hydrogens is 232 g/mol. The number of nitrogens with zero attached hydrogens (tertiary/aromatic N) is 2. The third-order valence-corrected chi connectivity index (χ3v) is 3.65. The van der Waals surface area contributed by atoms with E-state index < -0.39 is 0 Å². The van der Waals surface area contributed by atoms with E-state index in [4.69, 9.17) is 0 Å². The largest absolute Gasteiger partial charge is 0.333 e. The first-order valence-corrected chi connectivity index (χ1v) is 6.81. The smallest absolute Gasteiger partial charge is 0.120 e. The molecule has 2 nitrogen and oxygen atoms in total. The Bertz CT molecular complexity index is 585. The summed E-state index contributed by atoms with van der Waals surface area (Å²) in [6, 6.07) is 15.3. The van der Waals surface area contributed by atoms with E-state index >= 15 is 0 Å². The predicted molar refractivity (Wildman–Crippen MR) is 78.1 cm³/mol. The SMILES string of the molecule is CC[C@@H](C)n1c(C#N)ccc1Cc1ccc(C)cc1. The van der Waals surface area contributed by atoms with Crippen molar-refractivity contribution in [1.82, 2.24) is 4.57 Å². The minimum absolute atomic E-state index is 0.366. The van der Waals surface area contributed by atoms with E-state index in [2.05, 4.69) is 61.7 Å². The van der Waals surface area contributed by atoms with Gasteiger partial charge in [0.2, 0.25) is 0 Å². The Morgan fingerprint density at radius 1 is 1.16 bits per heavy atom. The first kappa shape index (κ1) is 13.4. The van der Waals surface area contributed by atoms with Gasteiger partial charge in [-0.25, -0.2) is 0 Å². The maximum absolute atomic E-state index is 9.21. The van der Waals surface area contributed by atoms with Gasteiger partial charge in [0.1, 0.15) is 11.8 Å². The second-order valence-electron chi connectivity index (χ2n) is 5.11. The molecule has 0 saturated carbocycles. The lowest BCUT2D eigenvalue weighted by atomic mass is 10.1. The van der Waals surface area contributed by atoms with Crippen molar-refractivity contribution < 1.29 is 0 Å². The van der Waals surface area contributed by atoms with Crippen LogP contribution in [0.1, 0.15) is 48.8 Å². The first-order valence-electron chi connectivity index (χ1n) is 6.81. The van der Waals surface area contributed by atoms with Crippen LogP contribution >= 0.6 is 0 Å². The highest BCUT2D eigenvalue weighted by Crippen LogP contribution is 2.21. The van der Waals surface area contributed by atoms with Crippen LogP contribution in [0.4, 0.5) is 0 Å². The van der Waals surface area contributed by atoms with E-state index in [1.165, 1.54) is 16.8 Å². The van der Waals surface area contributed by atoms with E-state index in [1.807, 2.05) is 6.07 Å². The van der Waals surface area contributed by atoms with Crippen LogP contribution in [-0.4, -0.2) is 4.57 Å². The molecule has 0 unspecified atom stereocenters. The van der Waals surface area contributed by atoms with Crippen molar-refractivity contribution in [3.8, 4) is 6.07 Å². The summed E-state index contributed by atoms with van der Waals surface area (Å²) in [4.78, 5) is 0. The molecule has 1 aromatic carbocycles. The number of benzene rings is 1. The van der Waals surface area contributed by atoms with Crippen LogP contribution in [0.5, 0.6) is 0 Å². The van der Waals surface area contributed by atoms with E-state index in [0.29, 0.717) is 6.04 Å². The Morgan fingerprint density at radius 2 is 1.84 bits per heavy atom. The highest BCUT2D eigenvalue weighted by Gasteiger charge is 2.12. The number of aryl methyl sites for hydroxylation is 1. The zero-order valence-corrected chi connectivity index (χ0v) is 11.9. The number of aromatic nitrogens is 1. The summed E-state index contributed by atoms with van der Waals surface area (Å²) in [5.41, 5.74) is 4.54. The molecule has 1 atom stereocenters. The van der Waals surface area contributed by atoms with Crippen LogP contribution < -0.4 is 0 Å². The summed E-state index contributed by atoms with van der Waals surface area (Å²) in [7, 11) is 0. The Morgan fingerprint density at radius 3 is 2.42 bits per heavy atom. The molecule has 0 spiro atoms. The highest BCUT2D eigenvalue weighted by atomic mass is 15.0. The molecule has 2 aromatic rings. The van der Waals surface area contributed by atoms with Crippen LogP contribution in [0.2, 0.25) is 0 Å². The van der Waals surface area contributed by atoms with Crippen molar-refractivity contribution in [3.63, 3.8) is 0 Å². The summed E-state index contributed by atoms with van der Waals surface area (Å²) >= 11 is 0. The molecule has 1 heterocycles. The number of rotatable bonds is 4. The van der Waals surface area contributed by atoms with Gasteiger partial charge in [-0.15, -0.1) is 0 Å². The lowest BCUT2D eigenvalue weighted by molar-refractivity contribution is 0.513. The number of hydrogen-bond donors (Lipinski definition) is 0. The highest BCUT2D eigenvalue weighted by molar-refractivity contribution is 5.32. The van der Waals surface area contributed by atoms with Gasteiger partial charge in [-0.3, -0.25) is 0 Å². The van der Waals surface area contributed by atoms with Gasteiger partial charge < -0.3 is 4.57 Å². The molecule has 0 saturated heterocycles. The maximum Gasteiger partial charge on any atom is 0.120 e. The Labute approximate surface area is 115 Å². The molecule has 0 aliphatic heterocycles. The fourth-order valence-electron chi connectivity index (χ4n) is 2.34. The summed E-state index contributed by atoms with van der Waals surface area (Å²) < 4.78 is 2.17. The number of hydrogen-bond acceptors (Lipinski definition) is 1. The van der Waals surface area contributed by atoms with Crippen molar-refractivity contribution in [2.45, 2.75) is 39.7 Å². The van der Waals surface area contributed by atoms with Gasteiger partial charge in [0.05, 0.1) is 0 Å². The van der Waals surface area contributed by atoms with Gasteiger partial charge in [0.15, 0.2) is 0 Å². The zero-order valence-electron chi connectivity index (χ0n) is 11.9. The third kappa shape index (κ3) is 2.88. The second kappa shape index (κ2) is 5.75. The molecule has 0 bridgehead atoms. The van der Waals surface area contributed by atoms with Crippen LogP contribution in [0.3, 0.4) is 0 Å². The minimum atomic E-state index is 0.366. The van der Waals surface area contributed by atoms with Crippen molar-refractivity contribution in [1.29, 1.82) is 5.26 Å². The molecule has 0 N–H and O–H groups in total. The Hall–Kier alpha value is -2.01. The van der Waals surface area contributed by atoms with E-state index in [9.17, 15) is 5.26 Å². The number of nitriles is 1. The van der Waals surface area contributed by atoms with E-state index in [-0.39, 0.29) is 0 Å². The average molecular weight is 252 g/mol. The van der Waals surface area contributed by atoms with Crippen molar-refractivity contribution in [2.75, 3.05) is 0 Å². The Balaban J connectivity index is 2.32. The van der Waals surface area contributed by atoms with Crippen LogP contribution in [-0.2, 0) is 6.42 Å². The monoisotopic (exact) mass is 252 g/mol. The van der Waals surface area contributed by atoms with Gasteiger partial charge in [-0.1, -0.05) is 36.8 Å². The van der Waals surface area contributed by atoms with Crippen molar-refractivity contribution in [3.05, 3.63) is 58.9 Å². The molecule has 2 rings (SSSR count). The quantitative estimate of drug-likeness (QED) is 0.800. The van der Waals surface area contributed by atoms with E-state index in [1.54, 1.807) is 0 Å². The fraction of sp³-hybridized carbons (Fsp3) is 0.353. The predicted octanol–water partition coefficient (Wildman–Crippen LogP) is 4.23. The van der Waals surface area contributed by atoms with Crippen molar-refractivity contribution >= 4 is 0 Å².